The molecule has 12 atom stereocenters. The minimum absolute atomic E-state index is 0.0492. The lowest BCUT2D eigenvalue weighted by atomic mass is 9.42. The molecule has 0 aromatic rings. The third kappa shape index (κ3) is 4.04. The van der Waals surface area contributed by atoms with Crippen molar-refractivity contribution in [3.63, 3.8) is 0 Å². The molecule has 0 amide bonds. The maximum absolute atomic E-state index is 13.4. The predicted molar refractivity (Wildman–Crippen MR) is 131 cm³/mol. The third-order valence-corrected chi connectivity index (χ3v) is 11.3. The van der Waals surface area contributed by atoms with Gasteiger partial charge in [0.15, 0.2) is 0 Å². The van der Waals surface area contributed by atoms with Crippen molar-refractivity contribution in [3.8, 4) is 0 Å². The van der Waals surface area contributed by atoms with Gasteiger partial charge in [-0.15, -0.1) is 0 Å². The fourth-order valence-electron chi connectivity index (χ4n) is 9.64. The van der Waals surface area contributed by atoms with Crippen LogP contribution < -0.4 is 0 Å². The molecule has 202 valence electrons. The van der Waals surface area contributed by atoms with Crippen LogP contribution in [0.4, 0.5) is 0 Å². The Morgan fingerprint density at radius 1 is 1.03 bits per heavy atom. The van der Waals surface area contributed by atoms with Crippen molar-refractivity contribution in [2.75, 3.05) is 0 Å². The van der Waals surface area contributed by atoms with E-state index < -0.39 is 45.9 Å². The molecule has 7 nitrogen and oxygen atoms in total. The number of fused-ring (bicyclic) bond motifs is 5. The normalized spacial score (nSPS) is 49.4. The number of Topliss-reactive ketones (excluding diaryl/α,β-unsaturated/α-hetero) is 1. The second-order valence-electron chi connectivity index (χ2n) is 14.2. The number of rotatable bonds is 5. The van der Waals surface area contributed by atoms with Gasteiger partial charge < -0.3 is 30.6 Å². The summed E-state index contributed by atoms with van der Waals surface area (Å²) in [5, 5.41) is 66.3. The Morgan fingerprint density at radius 3 is 2.26 bits per heavy atom. The van der Waals surface area contributed by atoms with E-state index in [0.717, 1.165) is 6.42 Å². The van der Waals surface area contributed by atoms with Crippen molar-refractivity contribution >= 4 is 5.78 Å². The van der Waals surface area contributed by atoms with Crippen LogP contribution in [-0.4, -0.2) is 71.5 Å². The van der Waals surface area contributed by atoms with Crippen LogP contribution in [0.25, 0.3) is 0 Å². The van der Waals surface area contributed by atoms with E-state index in [1.165, 1.54) is 0 Å². The molecule has 0 bridgehead atoms. The topological polar surface area (TPSA) is 138 Å². The molecule has 4 fully saturated rings. The fraction of sp³-hybridized carbons (Fsp3) is 0.964. The smallest absolute Gasteiger partial charge is 0.137 e. The van der Waals surface area contributed by atoms with E-state index in [4.69, 9.17) is 0 Å². The van der Waals surface area contributed by atoms with Crippen molar-refractivity contribution in [2.45, 2.75) is 128 Å². The van der Waals surface area contributed by atoms with Gasteiger partial charge in [-0.1, -0.05) is 20.8 Å². The van der Waals surface area contributed by atoms with Gasteiger partial charge in [0.05, 0.1) is 35.1 Å². The Kier molecular flexibility index (Phi) is 6.65. The first-order valence-electron chi connectivity index (χ1n) is 13.6. The first kappa shape index (κ1) is 27.5. The molecule has 12 unspecified atom stereocenters. The highest BCUT2D eigenvalue weighted by atomic mass is 16.3. The van der Waals surface area contributed by atoms with Gasteiger partial charge in [0.2, 0.25) is 0 Å². The van der Waals surface area contributed by atoms with Crippen LogP contribution in [0.2, 0.25) is 0 Å². The number of carbonyl (C=O) groups is 1. The van der Waals surface area contributed by atoms with E-state index in [9.17, 15) is 35.4 Å². The zero-order valence-electron chi connectivity index (χ0n) is 22.4. The third-order valence-electron chi connectivity index (χ3n) is 11.3. The van der Waals surface area contributed by atoms with Crippen molar-refractivity contribution < 1.29 is 35.4 Å². The van der Waals surface area contributed by atoms with Crippen molar-refractivity contribution in [2.24, 2.45) is 40.4 Å². The Balaban J connectivity index is 1.64. The molecule has 4 aliphatic carbocycles. The van der Waals surface area contributed by atoms with Gasteiger partial charge in [-0.05, 0) is 94.8 Å². The summed E-state index contributed by atoms with van der Waals surface area (Å²) in [6, 6.07) is 0. The van der Waals surface area contributed by atoms with Crippen molar-refractivity contribution in [3.05, 3.63) is 0 Å². The SMILES string of the molecule is CC(CC(C)(C)O)C(O)C(C)(O)C1CCC2(O)C3CC(=O)C4CC(O)C(O)CC4(C)C3CCC12C. The van der Waals surface area contributed by atoms with Gasteiger partial charge in [0, 0.05) is 17.8 Å². The molecule has 0 aromatic heterocycles. The minimum Gasteiger partial charge on any atom is -0.390 e. The first-order chi connectivity index (χ1) is 15.9. The summed E-state index contributed by atoms with van der Waals surface area (Å²) in [5.74, 6) is -1.17. The average Bonchev–Trinajstić information content (AvgIpc) is 3.00. The summed E-state index contributed by atoms with van der Waals surface area (Å²) in [4.78, 5) is 13.4. The number of hydrogen-bond donors (Lipinski definition) is 6. The molecule has 7 heteroatoms. The van der Waals surface area contributed by atoms with E-state index in [-0.39, 0.29) is 48.2 Å². The Bertz CT molecular complexity index is 836. The molecule has 0 aliphatic heterocycles. The average molecular weight is 497 g/mol. The van der Waals surface area contributed by atoms with E-state index >= 15 is 0 Å². The molecule has 35 heavy (non-hydrogen) atoms. The molecule has 0 heterocycles. The molecule has 0 radical (unpaired) electrons. The van der Waals surface area contributed by atoms with Crippen molar-refractivity contribution in [1.82, 2.24) is 0 Å². The lowest BCUT2D eigenvalue weighted by molar-refractivity contribution is -0.235. The summed E-state index contributed by atoms with van der Waals surface area (Å²) >= 11 is 0. The Hall–Kier alpha value is -0.570. The van der Waals surface area contributed by atoms with Gasteiger partial charge in [-0.3, -0.25) is 4.79 Å². The zero-order chi connectivity index (χ0) is 26.4. The van der Waals surface area contributed by atoms with Crippen LogP contribution >= 0.6 is 0 Å². The highest BCUT2D eigenvalue weighted by Crippen LogP contribution is 2.70. The molecular weight excluding hydrogens is 448 g/mol. The molecule has 0 saturated heterocycles. The number of aliphatic hydroxyl groups excluding tert-OH is 3. The van der Waals surface area contributed by atoms with E-state index in [0.29, 0.717) is 32.1 Å². The number of aliphatic hydroxyl groups is 6. The second-order valence-corrected chi connectivity index (χ2v) is 14.2. The molecular formula is C28H48O7. The molecule has 0 aromatic carbocycles. The second kappa shape index (κ2) is 8.47. The van der Waals surface area contributed by atoms with Crippen LogP contribution in [0.1, 0.15) is 92.9 Å². The van der Waals surface area contributed by atoms with E-state index in [2.05, 4.69) is 6.92 Å². The van der Waals surface area contributed by atoms with Crippen LogP contribution in [-0.2, 0) is 4.79 Å². The van der Waals surface area contributed by atoms with Crippen LogP contribution in [0.5, 0.6) is 0 Å². The number of ketones is 1. The zero-order valence-corrected chi connectivity index (χ0v) is 22.4. The number of carbonyl (C=O) groups excluding carboxylic acids is 1. The summed E-state index contributed by atoms with van der Waals surface area (Å²) in [6.45, 7) is 10.9. The Labute approximate surface area is 209 Å². The summed E-state index contributed by atoms with van der Waals surface area (Å²) in [6.07, 6.45) is 0.840. The quantitative estimate of drug-likeness (QED) is 0.343. The molecule has 0 spiro atoms. The maximum atomic E-state index is 13.4. The first-order valence-corrected chi connectivity index (χ1v) is 13.6. The largest absolute Gasteiger partial charge is 0.390 e. The molecule has 4 aliphatic rings. The monoisotopic (exact) mass is 496 g/mol. The van der Waals surface area contributed by atoms with Crippen LogP contribution in [0.3, 0.4) is 0 Å². The lowest BCUT2D eigenvalue weighted by Gasteiger charge is -2.64. The predicted octanol–water partition coefficient (Wildman–Crippen LogP) is 2.18. The standard InChI is InChI=1S/C28H48O7/c1-15(13-24(2,3)33)23(32)27(6,34)22-8-10-28(35)17-11-19(29)18-12-20(30)21(31)14-25(18,4)16(17)7-9-26(22,28)5/h15-18,20-23,30-35H,7-14H2,1-6H3. The van der Waals surface area contributed by atoms with Crippen LogP contribution in [0, 0.1) is 40.4 Å². The molecule has 4 saturated carbocycles. The molecule has 6 N–H and O–H groups in total. The number of hydrogen-bond acceptors (Lipinski definition) is 7. The molecule has 4 rings (SSSR count). The van der Waals surface area contributed by atoms with Gasteiger partial charge in [0.1, 0.15) is 5.78 Å². The van der Waals surface area contributed by atoms with Gasteiger partial charge in [0.25, 0.3) is 0 Å². The van der Waals surface area contributed by atoms with E-state index in [1.54, 1.807) is 20.8 Å². The lowest BCUT2D eigenvalue weighted by Crippen LogP contribution is -2.67. The summed E-state index contributed by atoms with van der Waals surface area (Å²) in [5.41, 5.74) is -4.75. The summed E-state index contributed by atoms with van der Waals surface area (Å²) in [7, 11) is 0. The van der Waals surface area contributed by atoms with Gasteiger partial charge in [-0.25, -0.2) is 0 Å². The van der Waals surface area contributed by atoms with E-state index in [1.807, 2.05) is 13.8 Å². The summed E-state index contributed by atoms with van der Waals surface area (Å²) < 4.78 is 0. The van der Waals surface area contributed by atoms with Crippen molar-refractivity contribution in [1.29, 1.82) is 0 Å². The van der Waals surface area contributed by atoms with Crippen LogP contribution in [0.15, 0.2) is 0 Å². The highest BCUT2D eigenvalue weighted by molar-refractivity contribution is 5.83. The maximum Gasteiger partial charge on any atom is 0.137 e. The van der Waals surface area contributed by atoms with Gasteiger partial charge >= 0.3 is 0 Å². The highest BCUT2D eigenvalue weighted by Gasteiger charge is 2.71. The Morgan fingerprint density at radius 2 is 1.66 bits per heavy atom. The van der Waals surface area contributed by atoms with Gasteiger partial charge in [-0.2, -0.15) is 0 Å². The fourth-order valence-corrected chi connectivity index (χ4v) is 9.64. The minimum atomic E-state index is -1.47.